The molecule has 3 aromatic carbocycles. The Morgan fingerprint density at radius 3 is 1.82 bits per heavy atom. The number of unbranched alkanes of at least 4 members (excludes halogenated alkanes) is 1. The molecule has 1 aliphatic carbocycles. The first kappa shape index (κ1) is 36.9. The molecule has 44 heavy (non-hydrogen) atoms. The molecule has 0 spiro atoms. The molecule has 240 valence electrons. The molecule has 0 amide bonds. The number of halogens is 6. The second kappa shape index (κ2) is 18.5. The van der Waals surface area contributed by atoms with Gasteiger partial charge >= 0.3 is 12.4 Å². The lowest BCUT2D eigenvalue weighted by Crippen LogP contribution is -2.18. The monoisotopic (exact) mass is 616 g/mol. The number of benzene rings is 3. The predicted octanol–water partition coefficient (Wildman–Crippen LogP) is 12.3. The molecule has 1 atom stereocenters. The standard InChI is InChI=1S/2C13H15F3.C12H16/c1-9-5-6-10-3-2-4-11(12(10)7-9)8-13(14,15)16;1-11-6-8-12(9-7-11)5-3-2-4-10-13(14,15)16;1-3-4-5-6-12-9-7-11(2)8-10-12/h5-7,11H,2-4,8H2,1H3;2,4,6-9H,3,5,10H2,1H3;3,7-10H,1,4-6H2,2H3/t11-;;/m1../s1. The third kappa shape index (κ3) is 16.0. The second-order valence-electron chi connectivity index (χ2n) is 11.6. The maximum atomic E-state index is 12.4. The van der Waals surface area contributed by atoms with Crippen molar-refractivity contribution in [3.63, 3.8) is 0 Å². The van der Waals surface area contributed by atoms with E-state index < -0.39 is 25.2 Å². The quantitative estimate of drug-likeness (QED) is 0.127. The molecule has 0 heterocycles. The average Bonchev–Trinajstić information content (AvgIpc) is 2.95. The van der Waals surface area contributed by atoms with Crippen LogP contribution in [0, 0.1) is 20.8 Å². The molecule has 0 bridgehead atoms. The SMILES string of the molecule is C=CCCCc1ccc(C)cc1.Cc1ccc(CCC=CCC(F)(F)F)cc1.Cc1ccc2c(c1)[C@@H](CC(F)(F)F)CCC2. The fourth-order valence-corrected chi connectivity index (χ4v) is 5.05. The van der Waals surface area contributed by atoms with Crippen LogP contribution in [0.3, 0.4) is 0 Å². The zero-order valence-corrected chi connectivity index (χ0v) is 26.2. The zero-order valence-electron chi connectivity index (χ0n) is 26.2. The molecule has 0 radical (unpaired) electrons. The first-order valence-electron chi connectivity index (χ1n) is 15.4. The van der Waals surface area contributed by atoms with Gasteiger partial charge in [0, 0.05) is 0 Å². The molecular weight excluding hydrogens is 570 g/mol. The Kier molecular flexibility index (Phi) is 15.5. The minimum atomic E-state index is -4.08. The summed E-state index contributed by atoms with van der Waals surface area (Å²) in [5.74, 6) is -0.330. The van der Waals surface area contributed by atoms with Gasteiger partial charge in [-0.25, -0.2) is 0 Å². The topological polar surface area (TPSA) is 0 Å². The number of allylic oxidation sites excluding steroid dienone is 3. The molecule has 6 heteroatoms. The summed E-state index contributed by atoms with van der Waals surface area (Å²) in [6.45, 7) is 9.76. The molecule has 0 nitrogen and oxygen atoms in total. The lowest BCUT2D eigenvalue weighted by molar-refractivity contribution is -0.139. The van der Waals surface area contributed by atoms with Gasteiger partial charge in [0.25, 0.3) is 0 Å². The number of alkyl halides is 6. The molecule has 4 rings (SSSR count). The van der Waals surface area contributed by atoms with Crippen LogP contribution in [0.15, 0.2) is 91.5 Å². The minimum Gasteiger partial charge on any atom is -0.171 e. The van der Waals surface area contributed by atoms with Crippen LogP contribution < -0.4 is 0 Å². The highest BCUT2D eigenvalue weighted by Gasteiger charge is 2.34. The van der Waals surface area contributed by atoms with Crippen molar-refractivity contribution in [3.8, 4) is 0 Å². The molecule has 1 aliphatic rings. The van der Waals surface area contributed by atoms with E-state index >= 15 is 0 Å². The van der Waals surface area contributed by atoms with Crippen molar-refractivity contribution in [2.45, 2.75) is 103 Å². The summed E-state index contributed by atoms with van der Waals surface area (Å²) in [6, 6.07) is 22.7. The van der Waals surface area contributed by atoms with E-state index in [9.17, 15) is 26.3 Å². The van der Waals surface area contributed by atoms with Gasteiger partial charge < -0.3 is 0 Å². The van der Waals surface area contributed by atoms with Crippen molar-refractivity contribution in [2.24, 2.45) is 0 Å². The van der Waals surface area contributed by atoms with Crippen molar-refractivity contribution in [1.82, 2.24) is 0 Å². The Hall–Kier alpha value is -3.28. The van der Waals surface area contributed by atoms with Crippen LogP contribution in [0.1, 0.15) is 89.8 Å². The van der Waals surface area contributed by atoms with E-state index in [2.05, 4.69) is 37.8 Å². The Balaban J connectivity index is 0.000000233. The fourth-order valence-electron chi connectivity index (χ4n) is 5.05. The molecule has 0 unspecified atom stereocenters. The lowest BCUT2D eigenvalue weighted by atomic mass is 9.80. The smallest absolute Gasteiger partial charge is 0.171 e. The van der Waals surface area contributed by atoms with E-state index in [0.717, 1.165) is 47.9 Å². The van der Waals surface area contributed by atoms with Crippen molar-refractivity contribution in [3.05, 3.63) is 130 Å². The van der Waals surface area contributed by atoms with Crippen LogP contribution in [-0.2, 0) is 19.3 Å². The van der Waals surface area contributed by atoms with Gasteiger partial charge in [0.1, 0.15) is 0 Å². The lowest BCUT2D eigenvalue weighted by Gasteiger charge is -2.26. The van der Waals surface area contributed by atoms with E-state index in [0.29, 0.717) is 12.8 Å². The van der Waals surface area contributed by atoms with Crippen molar-refractivity contribution < 1.29 is 26.3 Å². The summed E-state index contributed by atoms with van der Waals surface area (Å²) >= 11 is 0. The Labute approximate surface area is 259 Å². The second-order valence-corrected chi connectivity index (χ2v) is 11.6. The number of fused-ring (bicyclic) bond motifs is 1. The molecular formula is C38H46F6. The van der Waals surface area contributed by atoms with Gasteiger partial charge in [0.15, 0.2) is 0 Å². The number of aryl methyl sites for hydroxylation is 6. The zero-order chi connectivity index (χ0) is 32.6. The number of hydrogen-bond donors (Lipinski definition) is 0. The van der Waals surface area contributed by atoms with E-state index in [1.165, 1.54) is 35.6 Å². The molecule has 0 saturated carbocycles. The first-order valence-corrected chi connectivity index (χ1v) is 15.4. The molecule has 0 fully saturated rings. The van der Waals surface area contributed by atoms with E-state index in [4.69, 9.17) is 0 Å². The summed E-state index contributed by atoms with van der Waals surface area (Å²) in [7, 11) is 0. The molecule has 0 saturated heterocycles. The number of rotatable bonds is 9. The van der Waals surface area contributed by atoms with Crippen LogP contribution in [-0.4, -0.2) is 12.4 Å². The van der Waals surface area contributed by atoms with E-state index in [1.54, 1.807) is 6.08 Å². The maximum absolute atomic E-state index is 12.4. The molecule has 0 aromatic heterocycles. The summed E-state index contributed by atoms with van der Waals surface area (Å²) in [6.07, 6.45) is 2.51. The van der Waals surface area contributed by atoms with Crippen LogP contribution in [0.4, 0.5) is 26.3 Å². The van der Waals surface area contributed by atoms with Crippen LogP contribution in [0.2, 0.25) is 0 Å². The van der Waals surface area contributed by atoms with Gasteiger partial charge in [0.05, 0.1) is 12.8 Å². The van der Waals surface area contributed by atoms with Gasteiger partial charge in [-0.1, -0.05) is 102 Å². The van der Waals surface area contributed by atoms with Crippen LogP contribution in [0.5, 0.6) is 0 Å². The average molecular weight is 617 g/mol. The molecule has 0 N–H and O–H groups in total. The van der Waals surface area contributed by atoms with Crippen LogP contribution >= 0.6 is 0 Å². The highest BCUT2D eigenvalue weighted by atomic mass is 19.4. The van der Waals surface area contributed by atoms with E-state index in [1.807, 2.05) is 62.4 Å². The van der Waals surface area contributed by atoms with Crippen molar-refractivity contribution in [1.29, 1.82) is 0 Å². The van der Waals surface area contributed by atoms with Gasteiger partial charge in [-0.3, -0.25) is 0 Å². The van der Waals surface area contributed by atoms with Crippen molar-refractivity contribution in [2.75, 3.05) is 0 Å². The molecule has 3 aromatic rings. The van der Waals surface area contributed by atoms with E-state index in [-0.39, 0.29) is 5.92 Å². The van der Waals surface area contributed by atoms with Gasteiger partial charge in [0.2, 0.25) is 0 Å². The summed E-state index contributed by atoms with van der Waals surface area (Å²) in [5, 5.41) is 0. The Morgan fingerprint density at radius 2 is 1.27 bits per heavy atom. The summed E-state index contributed by atoms with van der Waals surface area (Å²) < 4.78 is 72.7. The third-order valence-electron chi connectivity index (χ3n) is 7.45. The highest BCUT2D eigenvalue weighted by molar-refractivity contribution is 5.36. The van der Waals surface area contributed by atoms with Crippen molar-refractivity contribution >= 4 is 0 Å². The minimum absolute atomic E-state index is 0.330. The van der Waals surface area contributed by atoms with Gasteiger partial charge in [-0.15, -0.1) is 6.58 Å². The van der Waals surface area contributed by atoms with Gasteiger partial charge in [-0.05, 0) is 100 Å². The number of hydrogen-bond acceptors (Lipinski definition) is 0. The summed E-state index contributed by atoms with van der Waals surface area (Å²) in [4.78, 5) is 0. The Morgan fingerprint density at radius 1 is 0.705 bits per heavy atom. The third-order valence-corrected chi connectivity index (χ3v) is 7.45. The Bertz CT molecular complexity index is 1260. The summed E-state index contributed by atoms with van der Waals surface area (Å²) in [5.41, 5.74) is 8.19. The highest BCUT2D eigenvalue weighted by Crippen LogP contribution is 2.39. The van der Waals surface area contributed by atoms with Crippen LogP contribution in [0.25, 0.3) is 0 Å². The molecule has 0 aliphatic heterocycles. The predicted molar refractivity (Wildman–Crippen MR) is 171 cm³/mol. The van der Waals surface area contributed by atoms with Gasteiger partial charge in [-0.2, -0.15) is 26.3 Å². The normalized spacial score (nSPS) is 14.6. The maximum Gasteiger partial charge on any atom is 0.392 e. The first-order chi connectivity index (χ1) is 20.8. The largest absolute Gasteiger partial charge is 0.392 e. The fraction of sp³-hybridized carbons (Fsp3) is 0.421.